The van der Waals surface area contributed by atoms with Crippen LogP contribution in [0.25, 0.3) is 0 Å². The fourth-order valence-corrected chi connectivity index (χ4v) is 3.47. The quantitative estimate of drug-likeness (QED) is 0.898. The summed E-state index contributed by atoms with van der Waals surface area (Å²) in [7, 11) is 0. The zero-order valence-corrected chi connectivity index (χ0v) is 14.1. The molecule has 0 radical (unpaired) electrons. The minimum absolute atomic E-state index is 0.0135. The number of likely N-dealkylation sites (tertiary alicyclic amines) is 2. The van der Waals surface area contributed by atoms with Crippen LogP contribution < -0.4 is 10.1 Å². The highest BCUT2D eigenvalue weighted by Gasteiger charge is 2.38. The summed E-state index contributed by atoms with van der Waals surface area (Å²) < 4.78 is 41.3. The molecule has 1 aromatic carbocycles. The molecule has 3 rings (SSSR count). The maximum atomic E-state index is 12.4. The molecule has 0 aliphatic carbocycles. The molecule has 2 saturated heterocycles. The Kier molecular flexibility index (Phi) is 5.08. The van der Waals surface area contributed by atoms with Crippen LogP contribution in [0.15, 0.2) is 24.3 Å². The maximum absolute atomic E-state index is 12.4. The molecule has 1 atom stereocenters. The van der Waals surface area contributed by atoms with Crippen molar-refractivity contribution in [2.24, 2.45) is 0 Å². The molecule has 2 fully saturated rings. The topological polar surface area (TPSA) is 44.8 Å². The number of amides is 2. The lowest BCUT2D eigenvalue weighted by molar-refractivity contribution is -0.274. The summed E-state index contributed by atoms with van der Waals surface area (Å²) in [6, 6.07) is 5.99. The molecular formula is C17H22F3N3O2. The Morgan fingerprint density at radius 3 is 2.64 bits per heavy atom. The summed E-state index contributed by atoms with van der Waals surface area (Å²) in [5.74, 6) is -0.412. The van der Waals surface area contributed by atoms with Gasteiger partial charge in [-0.25, -0.2) is 4.79 Å². The first-order valence-corrected chi connectivity index (χ1v) is 8.50. The van der Waals surface area contributed by atoms with Crippen molar-refractivity contribution >= 4 is 11.7 Å². The van der Waals surface area contributed by atoms with Crippen LogP contribution in [0.3, 0.4) is 0 Å². The van der Waals surface area contributed by atoms with Gasteiger partial charge in [-0.15, -0.1) is 13.2 Å². The van der Waals surface area contributed by atoms with E-state index in [1.54, 1.807) is 11.0 Å². The van der Waals surface area contributed by atoms with Gasteiger partial charge in [-0.3, -0.25) is 4.90 Å². The van der Waals surface area contributed by atoms with Gasteiger partial charge in [0.15, 0.2) is 5.75 Å². The van der Waals surface area contributed by atoms with Gasteiger partial charge in [-0.2, -0.15) is 0 Å². The second kappa shape index (κ2) is 7.11. The van der Waals surface area contributed by atoms with Crippen LogP contribution in [-0.2, 0) is 0 Å². The Labute approximate surface area is 144 Å². The second-order valence-corrected chi connectivity index (χ2v) is 6.62. The highest BCUT2D eigenvalue weighted by Crippen LogP contribution is 2.31. The molecule has 0 unspecified atom stereocenters. The number of carbonyl (C=O) groups excluding carboxylic acids is 1. The lowest BCUT2D eigenvalue weighted by atomic mass is 9.98. The van der Waals surface area contributed by atoms with Gasteiger partial charge in [0.25, 0.3) is 0 Å². The third-order valence-corrected chi connectivity index (χ3v) is 4.83. The van der Waals surface area contributed by atoms with Crippen LogP contribution in [-0.4, -0.2) is 53.9 Å². The van der Waals surface area contributed by atoms with E-state index in [0.717, 1.165) is 6.54 Å². The van der Waals surface area contributed by atoms with Crippen molar-refractivity contribution in [2.45, 2.75) is 44.6 Å². The number of urea groups is 1. The zero-order valence-electron chi connectivity index (χ0n) is 14.1. The van der Waals surface area contributed by atoms with Crippen LogP contribution in [0.4, 0.5) is 23.7 Å². The minimum atomic E-state index is -4.80. The number of nitrogens with one attached hydrogen (secondary N) is 1. The molecule has 0 spiro atoms. The third kappa shape index (κ3) is 4.36. The Morgan fingerprint density at radius 2 is 1.96 bits per heavy atom. The number of ether oxygens (including phenoxy) is 1. The largest absolute Gasteiger partial charge is 0.573 e. The lowest BCUT2D eigenvalue weighted by Gasteiger charge is -2.49. The third-order valence-electron chi connectivity index (χ3n) is 4.83. The van der Waals surface area contributed by atoms with Gasteiger partial charge < -0.3 is 15.0 Å². The van der Waals surface area contributed by atoms with Crippen molar-refractivity contribution in [2.75, 3.05) is 25.0 Å². The van der Waals surface area contributed by atoms with Crippen LogP contribution >= 0.6 is 0 Å². The van der Waals surface area contributed by atoms with Crippen LogP contribution in [0.2, 0.25) is 0 Å². The van der Waals surface area contributed by atoms with E-state index in [-0.39, 0.29) is 5.69 Å². The molecule has 1 N–H and O–H groups in total. The number of anilines is 1. The molecule has 1 aromatic rings. The predicted molar refractivity (Wildman–Crippen MR) is 87.5 cm³/mol. The number of nitrogens with zero attached hydrogens (tertiary/aromatic N) is 2. The van der Waals surface area contributed by atoms with E-state index in [0.29, 0.717) is 25.2 Å². The Bertz CT molecular complexity index is 617. The molecule has 25 heavy (non-hydrogen) atoms. The first kappa shape index (κ1) is 17.8. The van der Waals surface area contributed by atoms with Gasteiger partial charge >= 0.3 is 12.4 Å². The standard InChI is InChI=1S/C17H22F3N3O2/c1-12-6-4-5-9-23(12)13-10-22(11-13)16(24)21-14-7-2-3-8-15(14)25-17(18,19)20/h2-3,7-8,12-13H,4-6,9-11H2,1H3,(H,21,24)/t12-/m1/s1. The number of benzene rings is 1. The van der Waals surface area contributed by atoms with Gasteiger partial charge in [-0.1, -0.05) is 18.6 Å². The van der Waals surface area contributed by atoms with Gasteiger partial charge in [0, 0.05) is 25.2 Å². The van der Waals surface area contributed by atoms with Crippen LogP contribution in [0.1, 0.15) is 26.2 Å². The molecule has 0 bridgehead atoms. The SMILES string of the molecule is C[C@@H]1CCCCN1C1CN(C(=O)Nc2ccccc2OC(F)(F)F)C1. The molecule has 2 aliphatic heterocycles. The van der Waals surface area contributed by atoms with E-state index in [1.807, 2.05) is 0 Å². The summed E-state index contributed by atoms with van der Waals surface area (Å²) in [5, 5.41) is 2.51. The smallest absolute Gasteiger partial charge is 0.404 e. The summed E-state index contributed by atoms with van der Waals surface area (Å²) in [5.41, 5.74) is 0.0135. The van der Waals surface area contributed by atoms with Gasteiger partial charge in [0.1, 0.15) is 0 Å². The molecule has 8 heteroatoms. The van der Waals surface area contributed by atoms with Crippen molar-refractivity contribution in [3.63, 3.8) is 0 Å². The summed E-state index contributed by atoms with van der Waals surface area (Å²) >= 11 is 0. The van der Waals surface area contributed by atoms with E-state index in [1.165, 1.54) is 37.5 Å². The second-order valence-electron chi connectivity index (χ2n) is 6.62. The molecule has 5 nitrogen and oxygen atoms in total. The lowest BCUT2D eigenvalue weighted by Crippen LogP contribution is -2.64. The molecule has 2 aliphatic rings. The minimum Gasteiger partial charge on any atom is -0.404 e. The Hall–Kier alpha value is -1.96. The van der Waals surface area contributed by atoms with Crippen molar-refractivity contribution in [1.29, 1.82) is 0 Å². The number of piperidine rings is 1. The van der Waals surface area contributed by atoms with Gasteiger partial charge in [-0.05, 0) is 38.4 Å². The van der Waals surface area contributed by atoms with Crippen molar-refractivity contribution in [1.82, 2.24) is 9.80 Å². The first-order chi connectivity index (χ1) is 11.8. The number of para-hydroxylation sites is 2. The van der Waals surface area contributed by atoms with E-state index < -0.39 is 18.1 Å². The van der Waals surface area contributed by atoms with E-state index >= 15 is 0 Å². The van der Waals surface area contributed by atoms with Crippen molar-refractivity contribution < 1.29 is 22.7 Å². The summed E-state index contributed by atoms with van der Waals surface area (Å²) in [6.45, 7) is 4.44. The van der Waals surface area contributed by atoms with Crippen LogP contribution in [0.5, 0.6) is 5.75 Å². The molecule has 2 heterocycles. The first-order valence-electron chi connectivity index (χ1n) is 8.50. The maximum Gasteiger partial charge on any atom is 0.573 e. The highest BCUT2D eigenvalue weighted by atomic mass is 19.4. The average molecular weight is 357 g/mol. The average Bonchev–Trinajstić information content (AvgIpc) is 2.48. The number of alkyl halides is 3. The monoisotopic (exact) mass is 357 g/mol. The highest BCUT2D eigenvalue weighted by molar-refractivity contribution is 5.91. The molecule has 138 valence electrons. The Balaban J connectivity index is 1.56. The molecular weight excluding hydrogens is 335 g/mol. The molecule has 0 aromatic heterocycles. The zero-order chi connectivity index (χ0) is 18.0. The number of hydrogen-bond donors (Lipinski definition) is 1. The van der Waals surface area contributed by atoms with Crippen LogP contribution in [0, 0.1) is 0 Å². The normalized spacial score (nSPS) is 22.4. The van der Waals surface area contributed by atoms with E-state index in [9.17, 15) is 18.0 Å². The van der Waals surface area contributed by atoms with Gasteiger partial charge in [0.05, 0.1) is 5.69 Å². The van der Waals surface area contributed by atoms with Crippen molar-refractivity contribution in [3.05, 3.63) is 24.3 Å². The number of hydrogen-bond acceptors (Lipinski definition) is 3. The fraction of sp³-hybridized carbons (Fsp3) is 0.588. The molecule has 2 amide bonds. The van der Waals surface area contributed by atoms with Crippen molar-refractivity contribution in [3.8, 4) is 5.75 Å². The Morgan fingerprint density at radius 1 is 1.24 bits per heavy atom. The predicted octanol–water partition coefficient (Wildman–Crippen LogP) is 3.68. The summed E-state index contributed by atoms with van der Waals surface area (Å²) in [6.07, 6.45) is -1.21. The van der Waals surface area contributed by atoms with Gasteiger partial charge in [0.2, 0.25) is 0 Å². The summed E-state index contributed by atoms with van der Waals surface area (Å²) in [4.78, 5) is 16.3. The number of rotatable bonds is 3. The molecule has 0 saturated carbocycles. The fourth-order valence-electron chi connectivity index (χ4n) is 3.47. The number of carbonyl (C=O) groups is 1. The van der Waals surface area contributed by atoms with E-state index in [4.69, 9.17) is 0 Å². The van der Waals surface area contributed by atoms with E-state index in [2.05, 4.69) is 21.9 Å². The number of halogens is 3.